The Kier molecular flexibility index (Phi) is 11.6. The molecule has 0 radical (unpaired) electrons. The summed E-state index contributed by atoms with van der Waals surface area (Å²) < 4.78 is 0. The number of rotatable bonds is 6. The topological polar surface area (TPSA) is 17.1 Å². The Morgan fingerprint density at radius 1 is 1.06 bits per heavy atom. The average Bonchev–Trinajstić information content (AvgIpc) is 2.36. The van der Waals surface area contributed by atoms with Gasteiger partial charge in [-0.05, 0) is 43.8 Å². The summed E-state index contributed by atoms with van der Waals surface area (Å²) in [5, 5.41) is 0. The second-order valence-electron chi connectivity index (χ2n) is 3.65. The molecule has 0 saturated heterocycles. The van der Waals surface area contributed by atoms with E-state index in [4.69, 9.17) is 0 Å². The Morgan fingerprint density at radius 3 is 2.44 bits per heavy atom. The Labute approximate surface area is 111 Å². The molecule has 0 rings (SSSR count). The van der Waals surface area contributed by atoms with Crippen LogP contribution in [0.5, 0.6) is 0 Å². The number of ketones is 1. The molecule has 0 aliphatic rings. The maximum Gasteiger partial charge on any atom is 0.133 e. The SMILES string of the molecule is CC=CC#CC#CC=CC=CCCC(=O)CCC. The van der Waals surface area contributed by atoms with Gasteiger partial charge in [-0.25, -0.2) is 0 Å². The van der Waals surface area contributed by atoms with Gasteiger partial charge in [0.05, 0.1) is 0 Å². The zero-order valence-electron chi connectivity index (χ0n) is 11.2. The first-order valence-electron chi connectivity index (χ1n) is 6.26. The van der Waals surface area contributed by atoms with Crippen molar-refractivity contribution in [2.24, 2.45) is 0 Å². The molecule has 0 aliphatic heterocycles. The third-order valence-electron chi connectivity index (χ3n) is 2.00. The standard InChI is InChI=1S/C17H20O/c1-3-5-6-7-8-9-10-11-12-13-14-16-17(18)15-4-2/h3,5,10-13H,4,14-16H2,1-2H3. The van der Waals surface area contributed by atoms with Crippen LogP contribution >= 0.6 is 0 Å². The van der Waals surface area contributed by atoms with Crippen LogP contribution in [0, 0.1) is 23.7 Å². The molecule has 0 atom stereocenters. The van der Waals surface area contributed by atoms with E-state index in [0.717, 1.165) is 12.8 Å². The molecule has 0 heterocycles. The summed E-state index contributed by atoms with van der Waals surface area (Å²) in [5.41, 5.74) is 0. The third kappa shape index (κ3) is 12.1. The Balaban J connectivity index is 3.76. The van der Waals surface area contributed by atoms with Crippen LogP contribution in [0.25, 0.3) is 0 Å². The third-order valence-corrected chi connectivity index (χ3v) is 2.00. The highest BCUT2D eigenvalue weighted by molar-refractivity contribution is 5.78. The van der Waals surface area contributed by atoms with E-state index >= 15 is 0 Å². The highest BCUT2D eigenvalue weighted by Crippen LogP contribution is 1.98. The quantitative estimate of drug-likeness (QED) is 0.509. The van der Waals surface area contributed by atoms with Gasteiger partial charge in [-0.2, -0.15) is 0 Å². The molecular formula is C17H20O. The van der Waals surface area contributed by atoms with Crippen LogP contribution in [-0.2, 0) is 4.79 Å². The minimum absolute atomic E-state index is 0.338. The average molecular weight is 240 g/mol. The molecule has 0 aromatic carbocycles. The van der Waals surface area contributed by atoms with Crippen molar-refractivity contribution in [1.29, 1.82) is 0 Å². The fourth-order valence-corrected chi connectivity index (χ4v) is 1.17. The van der Waals surface area contributed by atoms with Crippen molar-refractivity contribution in [3.05, 3.63) is 36.5 Å². The lowest BCUT2D eigenvalue weighted by Crippen LogP contribution is -1.94. The van der Waals surface area contributed by atoms with E-state index in [2.05, 4.69) is 23.7 Å². The van der Waals surface area contributed by atoms with Crippen molar-refractivity contribution in [2.75, 3.05) is 0 Å². The molecule has 0 aromatic rings. The van der Waals surface area contributed by atoms with Crippen LogP contribution in [0.3, 0.4) is 0 Å². The molecule has 94 valence electrons. The minimum Gasteiger partial charge on any atom is -0.300 e. The van der Waals surface area contributed by atoms with E-state index < -0.39 is 0 Å². The molecule has 0 N–H and O–H groups in total. The van der Waals surface area contributed by atoms with E-state index in [-0.39, 0.29) is 0 Å². The summed E-state index contributed by atoms with van der Waals surface area (Å²) in [6, 6.07) is 0. The molecule has 0 aliphatic carbocycles. The van der Waals surface area contributed by atoms with Crippen molar-refractivity contribution >= 4 is 5.78 Å². The molecule has 0 aromatic heterocycles. The summed E-state index contributed by atoms with van der Waals surface area (Å²) in [7, 11) is 0. The maximum atomic E-state index is 11.2. The van der Waals surface area contributed by atoms with Crippen molar-refractivity contribution in [3.63, 3.8) is 0 Å². The summed E-state index contributed by atoms with van der Waals surface area (Å²) in [5.74, 6) is 11.3. The lowest BCUT2D eigenvalue weighted by atomic mass is 10.1. The van der Waals surface area contributed by atoms with Gasteiger partial charge in [-0.3, -0.25) is 4.79 Å². The van der Waals surface area contributed by atoms with Crippen LogP contribution < -0.4 is 0 Å². The first-order chi connectivity index (χ1) is 8.81. The van der Waals surface area contributed by atoms with Crippen molar-refractivity contribution in [2.45, 2.75) is 39.5 Å². The molecule has 0 fully saturated rings. The van der Waals surface area contributed by atoms with Gasteiger partial charge in [0.25, 0.3) is 0 Å². The number of allylic oxidation sites excluding steroid dienone is 6. The number of hydrogen-bond donors (Lipinski definition) is 0. The van der Waals surface area contributed by atoms with Gasteiger partial charge in [0.1, 0.15) is 5.78 Å². The monoisotopic (exact) mass is 240 g/mol. The van der Waals surface area contributed by atoms with Gasteiger partial charge in [0.2, 0.25) is 0 Å². The Bertz CT molecular complexity index is 428. The van der Waals surface area contributed by atoms with Gasteiger partial charge in [0.15, 0.2) is 0 Å². The highest BCUT2D eigenvalue weighted by Gasteiger charge is 1.96. The molecule has 1 heteroatoms. The van der Waals surface area contributed by atoms with Crippen LogP contribution in [0.1, 0.15) is 39.5 Å². The van der Waals surface area contributed by atoms with Crippen LogP contribution in [0.4, 0.5) is 0 Å². The lowest BCUT2D eigenvalue weighted by Gasteiger charge is -1.93. The molecule has 1 nitrogen and oxygen atoms in total. The molecule has 0 saturated carbocycles. The lowest BCUT2D eigenvalue weighted by molar-refractivity contribution is -0.119. The maximum absolute atomic E-state index is 11.2. The largest absolute Gasteiger partial charge is 0.300 e. The fourth-order valence-electron chi connectivity index (χ4n) is 1.17. The van der Waals surface area contributed by atoms with E-state index in [1.807, 2.05) is 38.2 Å². The second kappa shape index (κ2) is 13.1. The van der Waals surface area contributed by atoms with Gasteiger partial charge in [-0.1, -0.05) is 43.1 Å². The molecule has 18 heavy (non-hydrogen) atoms. The zero-order valence-corrected chi connectivity index (χ0v) is 11.2. The summed E-state index contributed by atoms with van der Waals surface area (Å²) >= 11 is 0. The highest BCUT2D eigenvalue weighted by atomic mass is 16.1. The number of carbonyl (C=O) groups excluding carboxylic acids is 1. The predicted molar refractivity (Wildman–Crippen MR) is 77.8 cm³/mol. The smallest absolute Gasteiger partial charge is 0.133 e. The van der Waals surface area contributed by atoms with Gasteiger partial charge < -0.3 is 0 Å². The number of carbonyl (C=O) groups is 1. The second-order valence-corrected chi connectivity index (χ2v) is 3.65. The first-order valence-corrected chi connectivity index (χ1v) is 6.26. The molecular weight excluding hydrogens is 220 g/mol. The van der Waals surface area contributed by atoms with Gasteiger partial charge in [0, 0.05) is 12.8 Å². The molecule has 0 spiro atoms. The Morgan fingerprint density at radius 2 is 1.78 bits per heavy atom. The van der Waals surface area contributed by atoms with E-state index in [1.54, 1.807) is 12.2 Å². The summed E-state index contributed by atoms with van der Waals surface area (Å²) in [4.78, 5) is 11.2. The van der Waals surface area contributed by atoms with Crippen molar-refractivity contribution in [3.8, 4) is 23.7 Å². The minimum atomic E-state index is 0.338. The molecule has 0 amide bonds. The zero-order chi connectivity index (χ0) is 13.5. The Hall–Kier alpha value is -1.99. The first kappa shape index (κ1) is 16.0. The summed E-state index contributed by atoms with van der Waals surface area (Å²) in [6.07, 6.45) is 14.2. The fraction of sp³-hybridized carbons (Fsp3) is 0.353. The molecule has 0 unspecified atom stereocenters. The number of hydrogen-bond acceptors (Lipinski definition) is 1. The van der Waals surface area contributed by atoms with E-state index in [0.29, 0.717) is 18.6 Å². The molecule has 0 bridgehead atoms. The predicted octanol–water partition coefficient (Wildman–Crippen LogP) is 3.83. The van der Waals surface area contributed by atoms with E-state index in [1.165, 1.54) is 0 Å². The van der Waals surface area contributed by atoms with Crippen LogP contribution in [0.15, 0.2) is 36.5 Å². The van der Waals surface area contributed by atoms with Crippen molar-refractivity contribution < 1.29 is 4.79 Å². The van der Waals surface area contributed by atoms with Crippen molar-refractivity contribution in [1.82, 2.24) is 0 Å². The van der Waals surface area contributed by atoms with Crippen LogP contribution in [-0.4, -0.2) is 5.78 Å². The van der Waals surface area contributed by atoms with Gasteiger partial charge in [-0.15, -0.1) is 0 Å². The van der Waals surface area contributed by atoms with Gasteiger partial charge >= 0.3 is 0 Å². The van der Waals surface area contributed by atoms with E-state index in [9.17, 15) is 4.79 Å². The normalized spacial score (nSPS) is 10.3. The summed E-state index contributed by atoms with van der Waals surface area (Å²) in [6.45, 7) is 3.94. The number of Topliss-reactive ketones (excluding diaryl/α,β-unsaturated/α-hetero) is 1. The van der Waals surface area contributed by atoms with Crippen LogP contribution in [0.2, 0.25) is 0 Å².